The smallest absolute Gasteiger partial charge is 0.226 e. The highest BCUT2D eigenvalue weighted by atomic mass is 16.2. The molecule has 1 heterocycles. The van der Waals surface area contributed by atoms with E-state index in [1.165, 1.54) is 19.3 Å². The summed E-state index contributed by atoms with van der Waals surface area (Å²) in [7, 11) is 0. The van der Waals surface area contributed by atoms with Crippen molar-refractivity contribution >= 4 is 5.91 Å². The van der Waals surface area contributed by atoms with Gasteiger partial charge in [0.1, 0.15) is 0 Å². The van der Waals surface area contributed by atoms with Gasteiger partial charge in [0.25, 0.3) is 0 Å². The maximum absolute atomic E-state index is 12.2. The first-order valence-corrected chi connectivity index (χ1v) is 6.60. The molecule has 3 aliphatic rings. The van der Waals surface area contributed by atoms with Crippen LogP contribution >= 0.6 is 0 Å². The van der Waals surface area contributed by atoms with Crippen LogP contribution in [0.2, 0.25) is 0 Å². The van der Waals surface area contributed by atoms with E-state index in [9.17, 15) is 4.79 Å². The highest BCUT2D eigenvalue weighted by molar-refractivity contribution is 5.83. The fourth-order valence-electron chi connectivity index (χ4n) is 3.58. The van der Waals surface area contributed by atoms with Gasteiger partial charge in [-0.05, 0) is 30.6 Å². The van der Waals surface area contributed by atoms with Crippen molar-refractivity contribution in [3.8, 4) is 0 Å². The molecular formula is C13H22N2O. The number of carbonyl (C=O) groups is 1. The van der Waals surface area contributed by atoms with Crippen molar-refractivity contribution in [2.24, 2.45) is 29.4 Å². The number of fused-ring (bicyclic) bond motifs is 1. The third kappa shape index (κ3) is 1.33. The molecule has 2 saturated carbocycles. The van der Waals surface area contributed by atoms with Crippen LogP contribution in [0.5, 0.6) is 0 Å². The SMILES string of the molecule is CC(C)C1(N)CN(C(=O)C2C3CCCC32)C1. The molecule has 0 bridgehead atoms. The van der Waals surface area contributed by atoms with E-state index in [4.69, 9.17) is 5.73 Å². The molecule has 0 aromatic heterocycles. The summed E-state index contributed by atoms with van der Waals surface area (Å²) in [6.07, 6.45) is 3.91. The lowest BCUT2D eigenvalue weighted by Crippen LogP contribution is -2.71. The van der Waals surface area contributed by atoms with Gasteiger partial charge < -0.3 is 10.6 Å². The molecule has 2 N–H and O–H groups in total. The Morgan fingerprint density at radius 1 is 1.31 bits per heavy atom. The van der Waals surface area contributed by atoms with Crippen molar-refractivity contribution < 1.29 is 4.79 Å². The summed E-state index contributed by atoms with van der Waals surface area (Å²) in [5, 5.41) is 0. The van der Waals surface area contributed by atoms with Crippen LogP contribution in [-0.2, 0) is 4.79 Å². The summed E-state index contributed by atoms with van der Waals surface area (Å²) < 4.78 is 0. The van der Waals surface area contributed by atoms with Gasteiger partial charge in [0, 0.05) is 19.0 Å². The van der Waals surface area contributed by atoms with Crippen LogP contribution in [-0.4, -0.2) is 29.4 Å². The second-order valence-electron chi connectivity index (χ2n) is 6.37. The van der Waals surface area contributed by atoms with Crippen LogP contribution in [0.1, 0.15) is 33.1 Å². The zero-order chi connectivity index (χ0) is 11.5. The van der Waals surface area contributed by atoms with Crippen LogP contribution in [0, 0.1) is 23.7 Å². The number of hydrogen-bond donors (Lipinski definition) is 1. The third-order valence-electron chi connectivity index (χ3n) is 5.12. The number of rotatable bonds is 2. The third-order valence-corrected chi connectivity index (χ3v) is 5.12. The van der Waals surface area contributed by atoms with Crippen LogP contribution in [0.3, 0.4) is 0 Å². The van der Waals surface area contributed by atoms with E-state index in [1.54, 1.807) is 0 Å². The first-order chi connectivity index (χ1) is 7.53. The lowest BCUT2D eigenvalue weighted by molar-refractivity contribution is -0.142. The monoisotopic (exact) mass is 222 g/mol. The molecule has 2 unspecified atom stereocenters. The molecule has 16 heavy (non-hydrogen) atoms. The fourth-order valence-corrected chi connectivity index (χ4v) is 3.58. The molecule has 2 aliphatic carbocycles. The maximum atomic E-state index is 12.2. The van der Waals surface area contributed by atoms with Crippen molar-refractivity contribution in [1.29, 1.82) is 0 Å². The minimum absolute atomic E-state index is 0.111. The Morgan fingerprint density at radius 3 is 2.38 bits per heavy atom. The van der Waals surface area contributed by atoms with Crippen molar-refractivity contribution in [2.45, 2.75) is 38.6 Å². The molecule has 3 fully saturated rings. The Hall–Kier alpha value is -0.570. The molecule has 0 spiro atoms. The van der Waals surface area contributed by atoms with E-state index in [0.717, 1.165) is 24.9 Å². The average molecular weight is 222 g/mol. The number of carbonyl (C=O) groups excluding carboxylic acids is 1. The number of likely N-dealkylation sites (tertiary alicyclic amines) is 1. The molecule has 3 nitrogen and oxygen atoms in total. The zero-order valence-electron chi connectivity index (χ0n) is 10.3. The van der Waals surface area contributed by atoms with Gasteiger partial charge in [-0.25, -0.2) is 0 Å². The Morgan fingerprint density at radius 2 is 1.88 bits per heavy atom. The number of nitrogens with zero attached hydrogens (tertiary/aromatic N) is 1. The summed E-state index contributed by atoms with van der Waals surface area (Å²) in [6.45, 7) is 5.85. The molecule has 0 radical (unpaired) electrons. The largest absolute Gasteiger partial charge is 0.339 e. The molecule has 3 heteroatoms. The van der Waals surface area contributed by atoms with E-state index in [0.29, 0.717) is 17.7 Å². The van der Waals surface area contributed by atoms with Crippen LogP contribution in [0.15, 0.2) is 0 Å². The molecule has 3 rings (SSSR count). The lowest BCUT2D eigenvalue weighted by Gasteiger charge is -2.50. The summed E-state index contributed by atoms with van der Waals surface area (Å²) in [5.41, 5.74) is 6.10. The van der Waals surface area contributed by atoms with Crippen LogP contribution in [0.4, 0.5) is 0 Å². The lowest BCUT2D eigenvalue weighted by atomic mass is 9.80. The van der Waals surface area contributed by atoms with Gasteiger partial charge in [0.05, 0.1) is 5.54 Å². The minimum atomic E-state index is -0.111. The molecule has 90 valence electrons. The molecule has 2 atom stereocenters. The molecule has 1 saturated heterocycles. The van der Waals surface area contributed by atoms with Gasteiger partial charge in [-0.1, -0.05) is 20.3 Å². The first kappa shape index (κ1) is 10.6. The maximum Gasteiger partial charge on any atom is 0.226 e. The van der Waals surface area contributed by atoms with E-state index < -0.39 is 0 Å². The quantitative estimate of drug-likeness (QED) is 0.764. The van der Waals surface area contributed by atoms with E-state index in [2.05, 4.69) is 13.8 Å². The van der Waals surface area contributed by atoms with E-state index in [-0.39, 0.29) is 5.54 Å². The highest BCUT2D eigenvalue weighted by Crippen LogP contribution is 2.58. The molecule has 0 aromatic rings. The predicted molar refractivity (Wildman–Crippen MR) is 62.7 cm³/mol. The van der Waals surface area contributed by atoms with E-state index in [1.807, 2.05) is 4.90 Å². The summed E-state index contributed by atoms with van der Waals surface area (Å²) >= 11 is 0. The standard InChI is InChI=1S/C13H22N2O/c1-8(2)13(14)6-15(7-13)12(16)11-9-4-3-5-10(9)11/h8-11H,3-7,14H2,1-2H3. The second kappa shape index (κ2) is 3.22. The van der Waals surface area contributed by atoms with Crippen LogP contribution < -0.4 is 5.73 Å². The van der Waals surface area contributed by atoms with Crippen molar-refractivity contribution in [1.82, 2.24) is 4.90 Å². The van der Waals surface area contributed by atoms with Gasteiger partial charge in [-0.15, -0.1) is 0 Å². The van der Waals surface area contributed by atoms with E-state index >= 15 is 0 Å². The second-order valence-corrected chi connectivity index (χ2v) is 6.37. The zero-order valence-corrected chi connectivity index (χ0v) is 10.3. The fraction of sp³-hybridized carbons (Fsp3) is 0.923. The summed E-state index contributed by atoms with van der Waals surface area (Å²) in [6, 6.07) is 0. The molecule has 1 amide bonds. The first-order valence-electron chi connectivity index (χ1n) is 6.60. The Bertz CT molecular complexity index is 310. The van der Waals surface area contributed by atoms with Gasteiger partial charge in [0.2, 0.25) is 5.91 Å². The normalized spacial score (nSPS) is 39.5. The van der Waals surface area contributed by atoms with Gasteiger partial charge in [0.15, 0.2) is 0 Å². The predicted octanol–water partition coefficient (Wildman–Crippen LogP) is 1.23. The van der Waals surface area contributed by atoms with Crippen molar-refractivity contribution in [3.05, 3.63) is 0 Å². The Balaban J connectivity index is 1.56. The average Bonchev–Trinajstić information content (AvgIpc) is 2.66. The highest BCUT2D eigenvalue weighted by Gasteiger charge is 2.59. The van der Waals surface area contributed by atoms with Crippen molar-refractivity contribution in [2.75, 3.05) is 13.1 Å². The Labute approximate surface area is 97.4 Å². The number of amides is 1. The Kier molecular flexibility index (Phi) is 2.13. The van der Waals surface area contributed by atoms with Gasteiger partial charge >= 0.3 is 0 Å². The summed E-state index contributed by atoms with van der Waals surface area (Å²) in [4.78, 5) is 14.2. The number of nitrogens with two attached hydrogens (primary N) is 1. The van der Waals surface area contributed by atoms with Crippen LogP contribution in [0.25, 0.3) is 0 Å². The van der Waals surface area contributed by atoms with Gasteiger partial charge in [-0.2, -0.15) is 0 Å². The molecule has 0 aromatic carbocycles. The van der Waals surface area contributed by atoms with Gasteiger partial charge in [-0.3, -0.25) is 4.79 Å². The molecular weight excluding hydrogens is 200 g/mol. The minimum Gasteiger partial charge on any atom is -0.339 e. The topological polar surface area (TPSA) is 46.3 Å². The summed E-state index contributed by atoms with van der Waals surface area (Å²) in [5.74, 6) is 2.72. The molecule has 1 aliphatic heterocycles. The van der Waals surface area contributed by atoms with Crippen molar-refractivity contribution in [3.63, 3.8) is 0 Å². The number of hydrogen-bond acceptors (Lipinski definition) is 2.